The number of Topliss-reactive ketones (excluding diaryl/α,β-unsaturated/α-hetero) is 1. The lowest BCUT2D eigenvalue weighted by Crippen LogP contribution is -2.33. The molecule has 2 heterocycles. The molecule has 0 radical (unpaired) electrons. The van der Waals surface area contributed by atoms with Crippen molar-refractivity contribution in [3.8, 4) is 5.75 Å². The highest BCUT2D eigenvalue weighted by Gasteiger charge is 2.30. The molecule has 3 aromatic rings. The fourth-order valence-corrected chi connectivity index (χ4v) is 3.91. The smallest absolute Gasteiger partial charge is 0.330 e. The van der Waals surface area contributed by atoms with E-state index in [1.165, 1.54) is 17.9 Å². The Labute approximate surface area is 166 Å². The zero-order valence-corrected chi connectivity index (χ0v) is 16.2. The summed E-state index contributed by atoms with van der Waals surface area (Å²) in [6.07, 6.45) is 2.33. The second-order valence-electron chi connectivity index (χ2n) is 7.05. The van der Waals surface area contributed by atoms with Gasteiger partial charge in [-0.1, -0.05) is 12.1 Å². The standard InChI is InChI=1S/C21H21N3O5/c1-28-8-7-24-19-18(20(26)23-21(24)27)15-9-13(10-17(25)16(15)11-22-19)12-3-5-14(29-2)6-4-12/h3-6,11,13H,7-10H2,1-2H3,(H,23,26,27). The minimum Gasteiger partial charge on any atom is -0.497 e. The highest BCUT2D eigenvalue weighted by molar-refractivity contribution is 6.02. The van der Waals surface area contributed by atoms with Gasteiger partial charge in [-0.25, -0.2) is 9.78 Å². The molecule has 8 nitrogen and oxygen atoms in total. The van der Waals surface area contributed by atoms with Crippen LogP contribution in [-0.2, 0) is 17.7 Å². The molecule has 0 aliphatic heterocycles. The first-order chi connectivity index (χ1) is 14.0. The number of ketones is 1. The number of nitrogens with zero attached hydrogens (tertiary/aromatic N) is 2. The molecule has 1 aliphatic carbocycles. The van der Waals surface area contributed by atoms with E-state index in [4.69, 9.17) is 9.47 Å². The van der Waals surface area contributed by atoms with Crippen LogP contribution in [0.3, 0.4) is 0 Å². The molecule has 1 aromatic carbocycles. The molecular formula is C21H21N3O5. The Kier molecular flexibility index (Phi) is 5.02. The summed E-state index contributed by atoms with van der Waals surface area (Å²) in [5.74, 6) is 0.616. The molecule has 2 aromatic heterocycles. The number of ether oxygens (including phenoxy) is 2. The lowest BCUT2D eigenvalue weighted by Gasteiger charge is -2.25. The molecule has 0 bridgehead atoms. The van der Waals surface area contributed by atoms with E-state index in [-0.39, 0.29) is 23.9 Å². The van der Waals surface area contributed by atoms with Crippen molar-refractivity contribution in [3.05, 3.63) is 68.0 Å². The summed E-state index contributed by atoms with van der Waals surface area (Å²) in [6, 6.07) is 7.58. The number of carbonyl (C=O) groups excluding carboxylic acids is 1. The van der Waals surface area contributed by atoms with E-state index in [0.29, 0.717) is 36.0 Å². The average molecular weight is 395 g/mol. The monoisotopic (exact) mass is 395 g/mol. The molecule has 4 rings (SSSR count). The van der Waals surface area contributed by atoms with E-state index in [2.05, 4.69) is 9.97 Å². The molecule has 0 saturated carbocycles. The summed E-state index contributed by atoms with van der Waals surface area (Å²) in [5.41, 5.74) is 1.30. The fourth-order valence-electron chi connectivity index (χ4n) is 3.91. The summed E-state index contributed by atoms with van der Waals surface area (Å²) in [7, 11) is 3.14. The minimum absolute atomic E-state index is 0.0597. The van der Waals surface area contributed by atoms with Crippen LogP contribution in [0.2, 0.25) is 0 Å². The summed E-state index contributed by atoms with van der Waals surface area (Å²) in [4.78, 5) is 44.4. The zero-order valence-electron chi connectivity index (χ0n) is 16.2. The van der Waals surface area contributed by atoms with Crippen molar-refractivity contribution in [2.24, 2.45) is 0 Å². The van der Waals surface area contributed by atoms with Crippen molar-refractivity contribution < 1.29 is 14.3 Å². The van der Waals surface area contributed by atoms with Crippen LogP contribution in [0.4, 0.5) is 0 Å². The van der Waals surface area contributed by atoms with Gasteiger partial charge in [-0.2, -0.15) is 0 Å². The highest BCUT2D eigenvalue weighted by Crippen LogP contribution is 2.35. The number of aromatic nitrogens is 3. The number of carbonyl (C=O) groups is 1. The highest BCUT2D eigenvalue weighted by atomic mass is 16.5. The number of H-pyrrole nitrogens is 1. The molecule has 8 heteroatoms. The van der Waals surface area contributed by atoms with Gasteiger partial charge in [0.1, 0.15) is 11.4 Å². The van der Waals surface area contributed by atoms with Crippen LogP contribution in [0.15, 0.2) is 40.1 Å². The topological polar surface area (TPSA) is 103 Å². The van der Waals surface area contributed by atoms with Crippen molar-refractivity contribution in [2.45, 2.75) is 25.3 Å². The number of aromatic amines is 1. The quantitative estimate of drug-likeness (QED) is 0.705. The molecule has 1 N–H and O–H groups in total. The van der Waals surface area contributed by atoms with Gasteiger partial charge in [0.15, 0.2) is 5.78 Å². The Morgan fingerprint density at radius 1 is 1.14 bits per heavy atom. The normalized spacial score (nSPS) is 16.1. The second kappa shape index (κ2) is 7.63. The molecule has 150 valence electrons. The number of methoxy groups -OCH3 is 2. The van der Waals surface area contributed by atoms with E-state index < -0.39 is 11.2 Å². The van der Waals surface area contributed by atoms with Gasteiger partial charge in [-0.15, -0.1) is 0 Å². The van der Waals surface area contributed by atoms with Gasteiger partial charge in [0.05, 0.1) is 25.6 Å². The molecular weight excluding hydrogens is 374 g/mol. The van der Waals surface area contributed by atoms with Gasteiger partial charge >= 0.3 is 5.69 Å². The van der Waals surface area contributed by atoms with Crippen LogP contribution in [0.5, 0.6) is 5.75 Å². The summed E-state index contributed by atoms with van der Waals surface area (Å²) in [5, 5.41) is 0.296. The number of pyridine rings is 1. The van der Waals surface area contributed by atoms with Gasteiger partial charge in [0.2, 0.25) is 0 Å². The molecule has 0 fully saturated rings. The van der Waals surface area contributed by atoms with Crippen molar-refractivity contribution >= 4 is 16.8 Å². The van der Waals surface area contributed by atoms with Crippen LogP contribution in [0.25, 0.3) is 11.0 Å². The van der Waals surface area contributed by atoms with Crippen LogP contribution in [0.1, 0.15) is 33.8 Å². The van der Waals surface area contributed by atoms with E-state index in [0.717, 1.165) is 11.3 Å². The Balaban J connectivity index is 1.85. The second-order valence-corrected chi connectivity index (χ2v) is 7.05. The van der Waals surface area contributed by atoms with Crippen molar-refractivity contribution in [3.63, 3.8) is 0 Å². The van der Waals surface area contributed by atoms with Crippen LogP contribution >= 0.6 is 0 Å². The first-order valence-electron chi connectivity index (χ1n) is 9.34. The van der Waals surface area contributed by atoms with E-state index >= 15 is 0 Å². The Morgan fingerprint density at radius 3 is 2.59 bits per heavy atom. The lowest BCUT2D eigenvalue weighted by molar-refractivity contribution is 0.0964. The zero-order chi connectivity index (χ0) is 20.5. The predicted molar refractivity (Wildman–Crippen MR) is 107 cm³/mol. The van der Waals surface area contributed by atoms with E-state index in [1.54, 1.807) is 7.11 Å². The van der Waals surface area contributed by atoms with Gasteiger partial charge in [0, 0.05) is 25.3 Å². The van der Waals surface area contributed by atoms with E-state index in [1.807, 2.05) is 24.3 Å². The lowest BCUT2D eigenvalue weighted by atomic mass is 9.79. The molecule has 1 unspecified atom stereocenters. The SMILES string of the molecule is COCCn1c(=O)[nH]c(=O)c2c3c(cnc21)C(=O)CC(c1ccc(OC)cc1)C3. The maximum atomic E-state index is 12.8. The first kappa shape index (κ1) is 19.1. The summed E-state index contributed by atoms with van der Waals surface area (Å²) >= 11 is 0. The first-order valence-corrected chi connectivity index (χ1v) is 9.34. The van der Waals surface area contributed by atoms with Crippen LogP contribution in [-0.4, -0.2) is 41.1 Å². The Morgan fingerprint density at radius 2 is 1.90 bits per heavy atom. The van der Waals surface area contributed by atoms with Crippen molar-refractivity contribution in [1.82, 2.24) is 14.5 Å². The number of hydrogen-bond donors (Lipinski definition) is 1. The van der Waals surface area contributed by atoms with Gasteiger partial charge in [-0.05, 0) is 35.6 Å². The third kappa shape index (κ3) is 3.36. The molecule has 1 aliphatic rings. The number of hydrogen-bond acceptors (Lipinski definition) is 6. The van der Waals surface area contributed by atoms with Gasteiger partial charge in [-0.3, -0.25) is 19.1 Å². The maximum Gasteiger partial charge on any atom is 0.330 e. The summed E-state index contributed by atoms with van der Waals surface area (Å²) < 4.78 is 11.6. The Hall–Kier alpha value is -3.26. The predicted octanol–water partition coefficient (Wildman–Crippen LogP) is 1.65. The van der Waals surface area contributed by atoms with Gasteiger partial charge < -0.3 is 9.47 Å². The number of rotatable bonds is 5. The van der Waals surface area contributed by atoms with Crippen molar-refractivity contribution in [1.29, 1.82) is 0 Å². The van der Waals surface area contributed by atoms with Crippen LogP contribution in [0, 0.1) is 0 Å². The largest absolute Gasteiger partial charge is 0.497 e. The molecule has 1 atom stereocenters. The number of benzene rings is 1. The van der Waals surface area contributed by atoms with Crippen LogP contribution < -0.4 is 16.0 Å². The number of fused-ring (bicyclic) bond motifs is 3. The van der Waals surface area contributed by atoms with Gasteiger partial charge in [0.25, 0.3) is 5.56 Å². The molecule has 0 amide bonds. The fraction of sp³-hybridized carbons (Fsp3) is 0.333. The molecule has 29 heavy (non-hydrogen) atoms. The molecule has 0 spiro atoms. The molecule has 0 saturated heterocycles. The third-order valence-electron chi connectivity index (χ3n) is 5.40. The Bertz CT molecular complexity index is 1190. The minimum atomic E-state index is -0.541. The summed E-state index contributed by atoms with van der Waals surface area (Å²) in [6.45, 7) is 0.553. The van der Waals surface area contributed by atoms with E-state index in [9.17, 15) is 14.4 Å². The number of nitrogens with one attached hydrogen (secondary N) is 1. The third-order valence-corrected chi connectivity index (χ3v) is 5.40. The maximum absolute atomic E-state index is 12.8. The van der Waals surface area contributed by atoms with Crippen molar-refractivity contribution in [2.75, 3.05) is 20.8 Å². The average Bonchev–Trinajstić information content (AvgIpc) is 2.73.